The van der Waals surface area contributed by atoms with Crippen molar-refractivity contribution in [3.05, 3.63) is 82.9 Å². The Bertz CT molecular complexity index is 1230. The van der Waals surface area contributed by atoms with Crippen LogP contribution in [0.15, 0.2) is 60.7 Å². The number of methoxy groups -OCH3 is 1. The van der Waals surface area contributed by atoms with E-state index in [1.165, 1.54) is 11.1 Å². The number of aromatic nitrogens is 2. The van der Waals surface area contributed by atoms with Gasteiger partial charge in [0.05, 0.1) is 30.1 Å². The van der Waals surface area contributed by atoms with Gasteiger partial charge in [0.2, 0.25) is 0 Å². The molecule has 0 fully saturated rings. The topological polar surface area (TPSA) is 64.3 Å². The zero-order valence-electron chi connectivity index (χ0n) is 17.3. The van der Waals surface area contributed by atoms with Crippen LogP contribution < -0.4 is 4.74 Å². The molecule has 0 unspecified atom stereocenters. The van der Waals surface area contributed by atoms with E-state index in [1.54, 1.807) is 13.2 Å². The maximum atomic E-state index is 11.3. The molecule has 4 aromatic rings. The molecule has 5 heteroatoms. The van der Waals surface area contributed by atoms with E-state index in [0.717, 1.165) is 28.0 Å². The normalized spacial score (nSPS) is 11.0. The van der Waals surface area contributed by atoms with Gasteiger partial charge in [-0.25, -0.2) is 4.98 Å². The number of para-hydroxylation sites is 1. The van der Waals surface area contributed by atoms with Gasteiger partial charge >= 0.3 is 5.97 Å². The summed E-state index contributed by atoms with van der Waals surface area (Å²) in [5.74, 6) is 0.426. The average molecular weight is 400 g/mol. The first-order valence-electron chi connectivity index (χ1n) is 9.87. The Morgan fingerprint density at radius 2 is 1.77 bits per heavy atom. The third-order valence-corrected chi connectivity index (χ3v) is 5.43. The minimum Gasteiger partial charge on any atom is -0.496 e. The molecule has 30 heavy (non-hydrogen) atoms. The second-order valence-corrected chi connectivity index (χ2v) is 7.50. The largest absolute Gasteiger partial charge is 0.496 e. The van der Waals surface area contributed by atoms with Crippen LogP contribution in [0.1, 0.15) is 22.3 Å². The van der Waals surface area contributed by atoms with E-state index in [4.69, 9.17) is 9.72 Å². The van der Waals surface area contributed by atoms with Crippen molar-refractivity contribution in [1.29, 1.82) is 0 Å². The Kier molecular flexibility index (Phi) is 5.27. The van der Waals surface area contributed by atoms with Crippen LogP contribution in [0.5, 0.6) is 5.75 Å². The van der Waals surface area contributed by atoms with E-state index < -0.39 is 5.97 Å². The summed E-state index contributed by atoms with van der Waals surface area (Å²) in [5.41, 5.74) is 6.93. The molecule has 1 aromatic heterocycles. The maximum Gasteiger partial charge on any atom is 0.307 e. The number of aryl methyl sites for hydroxylation is 2. The Hall–Kier alpha value is -3.60. The van der Waals surface area contributed by atoms with Crippen LogP contribution in [0.4, 0.5) is 0 Å². The first-order valence-corrected chi connectivity index (χ1v) is 9.87. The number of rotatable bonds is 6. The Balaban J connectivity index is 1.97. The number of hydrogen-bond donors (Lipinski definition) is 1. The fourth-order valence-electron chi connectivity index (χ4n) is 3.82. The Labute approximate surface area is 175 Å². The van der Waals surface area contributed by atoms with E-state index in [0.29, 0.717) is 17.9 Å². The summed E-state index contributed by atoms with van der Waals surface area (Å²) < 4.78 is 7.84. The molecule has 5 nitrogen and oxygen atoms in total. The van der Waals surface area contributed by atoms with Crippen molar-refractivity contribution in [2.75, 3.05) is 7.11 Å². The van der Waals surface area contributed by atoms with Crippen molar-refractivity contribution in [3.8, 4) is 17.1 Å². The number of aliphatic carboxylic acids is 1. The van der Waals surface area contributed by atoms with E-state index in [9.17, 15) is 9.90 Å². The van der Waals surface area contributed by atoms with Gasteiger partial charge in [0, 0.05) is 12.1 Å². The van der Waals surface area contributed by atoms with E-state index in [2.05, 4.69) is 42.7 Å². The lowest BCUT2D eigenvalue weighted by Crippen LogP contribution is -2.06. The predicted octanol–water partition coefficient (Wildman–Crippen LogP) is 5.00. The summed E-state index contributed by atoms with van der Waals surface area (Å²) in [5, 5.41) is 9.30. The van der Waals surface area contributed by atoms with Gasteiger partial charge < -0.3 is 14.4 Å². The number of carboxylic acids is 1. The van der Waals surface area contributed by atoms with Gasteiger partial charge in [0.1, 0.15) is 11.6 Å². The summed E-state index contributed by atoms with van der Waals surface area (Å²) >= 11 is 0. The highest BCUT2D eigenvalue weighted by Crippen LogP contribution is 2.36. The second-order valence-electron chi connectivity index (χ2n) is 7.50. The van der Waals surface area contributed by atoms with Crippen LogP contribution in [-0.4, -0.2) is 27.7 Å². The number of carboxylic acid groups (broad SMARTS) is 1. The molecule has 0 aliphatic carbocycles. The van der Waals surface area contributed by atoms with E-state index in [-0.39, 0.29) is 6.42 Å². The molecule has 0 aliphatic rings. The molecule has 0 amide bonds. The molecule has 0 spiro atoms. The standard InChI is InChI=1S/C25H24N2O3/c1-16-12-21-22(13-17(16)2)27(15-18-8-5-4-6-9-18)25(26-21)20-11-7-10-19(14-23(28)29)24(20)30-3/h4-13H,14-15H2,1-3H3,(H,28,29). The van der Waals surface area contributed by atoms with Crippen LogP contribution >= 0.6 is 0 Å². The molecule has 0 radical (unpaired) electrons. The van der Waals surface area contributed by atoms with Crippen molar-refractivity contribution in [2.24, 2.45) is 0 Å². The monoisotopic (exact) mass is 400 g/mol. The second kappa shape index (κ2) is 8.03. The first kappa shape index (κ1) is 19.7. The lowest BCUT2D eigenvalue weighted by molar-refractivity contribution is -0.136. The van der Waals surface area contributed by atoms with Crippen LogP contribution in [0, 0.1) is 13.8 Å². The minimum absolute atomic E-state index is 0.103. The van der Waals surface area contributed by atoms with Crippen LogP contribution in [0.2, 0.25) is 0 Å². The fourth-order valence-corrected chi connectivity index (χ4v) is 3.82. The number of hydrogen-bond acceptors (Lipinski definition) is 3. The van der Waals surface area contributed by atoms with Crippen molar-refractivity contribution in [2.45, 2.75) is 26.8 Å². The molecule has 0 aliphatic heterocycles. The summed E-state index contributed by atoms with van der Waals surface area (Å²) in [7, 11) is 1.57. The highest BCUT2D eigenvalue weighted by atomic mass is 16.5. The zero-order chi connectivity index (χ0) is 21.3. The summed E-state index contributed by atoms with van der Waals surface area (Å²) in [4.78, 5) is 16.3. The molecule has 152 valence electrons. The van der Waals surface area contributed by atoms with E-state index in [1.807, 2.05) is 30.3 Å². The van der Waals surface area contributed by atoms with Crippen molar-refractivity contribution in [1.82, 2.24) is 9.55 Å². The third kappa shape index (κ3) is 3.66. The van der Waals surface area contributed by atoms with Gasteiger partial charge in [-0.2, -0.15) is 0 Å². The Morgan fingerprint density at radius 1 is 1.03 bits per heavy atom. The number of fused-ring (bicyclic) bond motifs is 1. The molecule has 0 saturated heterocycles. The van der Waals surface area contributed by atoms with E-state index >= 15 is 0 Å². The number of imidazole rings is 1. The number of ether oxygens (including phenoxy) is 1. The fraction of sp³-hybridized carbons (Fsp3) is 0.200. The molecule has 1 N–H and O–H groups in total. The maximum absolute atomic E-state index is 11.3. The quantitative estimate of drug-likeness (QED) is 0.494. The lowest BCUT2D eigenvalue weighted by Gasteiger charge is -2.15. The summed E-state index contributed by atoms with van der Waals surface area (Å²) in [6.45, 7) is 4.84. The van der Waals surface area contributed by atoms with Crippen LogP contribution in [-0.2, 0) is 17.8 Å². The SMILES string of the molecule is COc1c(CC(=O)O)cccc1-c1nc2cc(C)c(C)cc2n1Cc1ccccc1. The number of carbonyl (C=O) groups is 1. The highest BCUT2D eigenvalue weighted by molar-refractivity contribution is 5.84. The van der Waals surface area contributed by atoms with Gasteiger partial charge in [0.15, 0.2) is 0 Å². The molecule has 3 aromatic carbocycles. The summed E-state index contributed by atoms with van der Waals surface area (Å²) in [6, 6.07) is 20.1. The van der Waals surface area contributed by atoms with Gasteiger partial charge in [-0.3, -0.25) is 4.79 Å². The van der Waals surface area contributed by atoms with Crippen LogP contribution in [0.25, 0.3) is 22.4 Å². The van der Waals surface area contributed by atoms with Crippen molar-refractivity contribution >= 4 is 17.0 Å². The highest BCUT2D eigenvalue weighted by Gasteiger charge is 2.20. The smallest absolute Gasteiger partial charge is 0.307 e. The third-order valence-electron chi connectivity index (χ3n) is 5.43. The number of benzene rings is 3. The average Bonchev–Trinajstić information content (AvgIpc) is 3.05. The molecule has 1 heterocycles. The molecule has 0 bridgehead atoms. The molecule has 0 atom stereocenters. The minimum atomic E-state index is -0.894. The first-order chi connectivity index (χ1) is 14.5. The molecular weight excluding hydrogens is 376 g/mol. The van der Waals surface area contributed by atoms with Gasteiger partial charge in [-0.1, -0.05) is 42.5 Å². The van der Waals surface area contributed by atoms with Gasteiger partial charge in [-0.05, 0) is 48.7 Å². The molecule has 4 rings (SSSR count). The van der Waals surface area contributed by atoms with Crippen LogP contribution in [0.3, 0.4) is 0 Å². The van der Waals surface area contributed by atoms with Gasteiger partial charge in [0.25, 0.3) is 0 Å². The predicted molar refractivity (Wildman–Crippen MR) is 118 cm³/mol. The van der Waals surface area contributed by atoms with Crippen molar-refractivity contribution in [3.63, 3.8) is 0 Å². The lowest BCUT2D eigenvalue weighted by atomic mass is 10.1. The Morgan fingerprint density at radius 3 is 2.47 bits per heavy atom. The molecular formula is C25H24N2O3. The molecule has 0 saturated carbocycles. The summed E-state index contributed by atoms with van der Waals surface area (Å²) in [6.07, 6.45) is -0.103. The zero-order valence-corrected chi connectivity index (χ0v) is 17.3. The number of nitrogens with zero attached hydrogens (tertiary/aromatic N) is 2. The van der Waals surface area contributed by atoms with Gasteiger partial charge in [-0.15, -0.1) is 0 Å². The van der Waals surface area contributed by atoms with Crippen molar-refractivity contribution < 1.29 is 14.6 Å².